The van der Waals surface area contributed by atoms with Crippen LogP contribution in [-0.2, 0) is 16.0 Å². The SMILES string of the molecule is O=C(Cc1ccc2c(c1)OCCO2)N(CC1CCCO1)c1nc2ccccc2s1. The van der Waals surface area contributed by atoms with Crippen LogP contribution in [0.1, 0.15) is 18.4 Å². The smallest absolute Gasteiger partial charge is 0.233 e. The number of nitrogens with zero attached hydrogens (tertiary/aromatic N) is 2. The van der Waals surface area contributed by atoms with Gasteiger partial charge in [0.2, 0.25) is 5.91 Å². The Morgan fingerprint density at radius 2 is 1.97 bits per heavy atom. The first-order valence-electron chi connectivity index (χ1n) is 9.92. The normalized spacial score (nSPS) is 18.1. The van der Waals surface area contributed by atoms with Gasteiger partial charge in [-0.2, -0.15) is 0 Å². The molecule has 2 aliphatic rings. The molecule has 1 atom stereocenters. The van der Waals surface area contributed by atoms with E-state index in [0.29, 0.717) is 25.5 Å². The van der Waals surface area contributed by atoms with Gasteiger partial charge in [0.25, 0.3) is 0 Å². The molecule has 0 N–H and O–H groups in total. The third-order valence-electron chi connectivity index (χ3n) is 5.19. The largest absolute Gasteiger partial charge is 0.486 e. The van der Waals surface area contributed by atoms with Crippen molar-refractivity contribution >= 4 is 32.6 Å². The van der Waals surface area contributed by atoms with Crippen LogP contribution in [-0.4, -0.2) is 43.4 Å². The van der Waals surface area contributed by atoms with Crippen LogP contribution in [0, 0.1) is 0 Å². The van der Waals surface area contributed by atoms with E-state index in [-0.39, 0.29) is 18.4 Å². The van der Waals surface area contributed by atoms with Crippen LogP contribution in [0.2, 0.25) is 0 Å². The van der Waals surface area contributed by atoms with Crippen molar-refractivity contribution in [2.24, 2.45) is 0 Å². The monoisotopic (exact) mass is 410 g/mol. The maximum absolute atomic E-state index is 13.3. The van der Waals surface area contributed by atoms with Gasteiger partial charge in [-0.1, -0.05) is 29.5 Å². The van der Waals surface area contributed by atoms with Crippen LogP contribution >= 0.6 is 11.3 Å². The molecule has 0 aliphatic carbocycles. The number of carbonyl (C=O) groups is 1. The lowest BCUT2D eigenvalue weighted by atomic mass is 10.1. The molecule has 0 spiro atoms. The summed E-state index contributed by atoms with van der Waals surface area (Å²) < 4.78 is 18.1. The molecule has 0 radical (unpaired) electrons. The molecule has 150 valence electrons. The van der Waals surface area contributed by atoms with Crippen molar-refractivity contribution in [2.75, 3.05) is 31.3 Å². The molecule has 0 bridgehead atoms. The number of amides is 1. The van der Waals surface area contributed by atoms with Crippen LogP contribution in [0.15, 0.2) is 42.5 Å². The van der Waals surface area contributed by atoms with Crippen molar-refractivity contribution in [3.8, 4) is 11.5 Å². The summed E-state index contributed by atoms with van der Waals surface area (Å²) in [5, 5.41) is 0.726. The Hall–Kier alpha value is -2.64. The van der Waals surface area contributed by atoms with Crippen LogP contribution in [0.4, 0.5) is 5.13 Å². The van der Waals surface area contributed by atoms with Gasteiger partial charge in [-0.25, -0.2) is 4.98 Å². The number of rotatable bonds is 5. The molecule has 3 heterocycles. The second-order valence-electron chi connectivity index (χ2n) is 7.26. The molecule has 1 unspecified atom stereocenters. The highest BCUT2D eigenvalue weighted by molar-refractivity contribution is 7.22. The van der Waals surface area contributed by atoms with Crippen molar-refractivity contribution in [1.29, 1.82) is 0 Å². The summed E-state index contributed by atoms with van der Waals surface area (Å²) in [6.07, 6.45) is 2.35. The minimum absolute atomic E-state index is 0.0104. The van der Waals surface area contributed by atoms with Crippen molar-refractivity contribution < 1.29 is 19.0 Å². The lowest BCUT2D eigenvalue weighted by molar-refractivity contribution is -0.118. The number of ether oxygens (including phenoxy) is 3. The predicted molar refractivity (Wildman–Crippen MR) is 112 cm³/mol. The molecule has 2 aromatic carbocycles. The van der Waals surface area contributed by atoms with Crippen LogP contribution in [0.3, 0.4) is 0 Å². The van der Waals surface area contributed by atoms with E-state index in [0.717, 1.165) is 46.1 Å². The van der Waals surface area contributed by atoms with E-state index in [1.54, 1.807) is 16.2 Å². The lowest BCUT2D eigenvalue weighted by Crippen LogP contribution is -2.38. The van der Waals surface area contributed by atoms with E-state index >= 15 is 0 Å². The van der Waals surface area contributed by atoms with Gasteiger partial charge < -0.3 is 14.2 Å². The Morgan fingerprint density at radius 1 is 1.10 bits per heavy atom. The van der Waals surface area contributed by atoms with Gasteiger partial charge in [0, 0.05) is 6.61 Å². The van der Waals surface area contributed by atoms with E-state index in [1.165, 1.54) is 0 Å². The van der Waals surface area contributed by atoms with E-state index < -0.39 is 0 Å². The number of aromatic nitrogens is 1. The number of para-hydroxylation sites is 1. The fourth-order valence-corrected chi connectivity index (χ4v) is 4.71. The van der Waals surface area contributed by atoms with Crippen molar-refractivity contribution in [3.05, 3.63) is 48.0 Å². The average Bonchev–Trinajstić information content (AvgIpc) is 3.41. The molecule has 6 nitrogen and oxygen atoms in total. The number of thiazole rings is 1. The quantitative estimate of drug-likeness (QED) is 0.640. The van der Waals surface area contributed by atoms with E-state index in [1.807, 2.05) is 42.5 Å². The van der Waals surface area contributed by atoms with Crippen molar-refractivity contribution in [1.82, 2.24) is 4.98 Å². The summed E-state index contributed by atoms with van der Waals surface area (Å²) in [5.74, 6) is 1.44. The highest BCUT2D eigenvalue weighted by Crippen LogP contribution is 2.33. The van der Waals surface area contributed by atoms with Crippen molar-refractivity contribution in [3.63, 3.8) is 0 Å². The van der Waals surface area contributed by atoms with Gasteiger partial charge in [0.05, 0.1) is 29.3 Å². The molecule has 2 aliphatic heterocycles. The molecular weight excluding hydrogens is 388 g/mol. The van der Waals surface area contributed by atoms with Gasteiger partial charge in [0.15, 0.2) is 16.6 Å². The third-order valence-corrected chi connectivity index (χ3v) is 6.25. The Kier molecular flexibility index (Phi) is 5.08. The first kappa shape index (κ1) is 18.4. The molecule has 1 amide bonds. The second kappa shape index (κ2) is 8.00. The summed E-state index contributed by atoms with van der Waals surface area (Å²) in [7, 11) is 0. The summed E-state index contributed by atoms with van der Waals surface area (Å²) in [6.45, 7) is 2.37. The summed E-state index contributed by atoms with van der Waals surface area (Å²) in [6, 6.07) is 13.7. The fraction of sp³-hybridized carbons (Fsp3) is 0.364. The zero-order valence-corrected chi connectivity index (χ0v) is 16.8. The number of fused-ring (bicyclic) bond motifs is 2. The van der Waals surface area contributed by atoms with Crippen LogP contribution in [0.5, 0.6) is 11.5 Å². The third kappa shape index (κ3) is 3.93. The maximum atomic E-state index is 13.3. The summed E-state index contributed by atoms with van der Waals surface area (Å²) >= 11 is 1.54. The van der Waals surface area contributed by atoms with Gasteiger partial charge in [-0.05, 0) is 42.7 Å². The molecule has 5 rings (SSSR count). The molecule has 0 saturated carbocycles. The molecule has 7 heteroatoms. The van der Waals surface area contributed by atoms with Gasteiger partial charge in [-0.3, -0.25) is 9.69 Å². The summed E-state index contributed by atoms with van der Waals surface area (Å²) in [5.41, 5.74) is 1.81. The molecule has 29 heavy (non-hydrogen) atoms. The first-order chi connectivity index (χ1) is 14.3. The topological polar surface area (TPSA) is 60.9 Å². The fourth-order valence-electron chi connectivity index (χ4n) is 3.72. The molecule has 1 saturated heterocycles. The van der Waals surface area contributed by atoms with Crippen LogP contribution < -0.4 is 14.4 Å². The Morgan fingerprint density at radius 3 is 2.79 bits per heavy atom. The number of hydrogen-bond donors (Lipinski definition) is 0. The van der Waals surface area contributed by atoms with E-state index in [9.17, 15) is 4.79 Å². The molecular formula is C22H22N2O4S. The minimum atomic E-state index is 0.0104. The lowest BCUT2D eigenvalue weighted by Gasteiger charge is -2.23. The first-order valence-corrected chi connectivity index (χ1v) is 10.7. The highest BCUT2D eigenvalue weighted by atomic mass is 32.1. The van der Waals surface area contributed by atoms with Gasteiger partial charge in [-0.15, -0.1) is 0 Å². The van der Waals surface area contributed by atoms with Crippen LogP contribution in [0.25, 0.3) is 10.2 Å². The highest BCUT2D eigenvalue weighted by Gasteiger charge is 2.26. The van der Waals surface area contributed by atoms with E-state index in [4.69, 9.17) is 19.2 Å². The van der Waals surface area contributed by atoms with Gasteiger partial charge >= 0.3 is 0 Å². The zero-order valence-electron chi connectivity index (χ0n) is 16.0. The predicted octanol–water partition coefficient (Wildman–Crippen LogP) is 3.82. The van der Waals surface area contributed by atoms with E-state index in [2.05, 4.69) is 0 Å². The van der Waals surface area contributed by atoms with Gasteiger partial charge in [0.1, 0.15) is 13.2 Å². The standard InChI is InChI=1S/C22H22N2O4S/c25-21(13-15-7-8-18-19(12-15)28-11-10-27-18)24(14-16-4-3-9-26-16)22-23-17-5-1-2-6-20(17)29-22/h1-2,5-8,12,16H,3-4,9-11,13-14H2. The average molecular weight is 410 g/mol. The zero-order chi connectivity index (χ0) is 19.6. The Bertz CT molecular complexity index is 996. The number of benzene rings is 2. The second-order valence-corrected chi connectivity index (χ2v) is 8.27. The maximum Gasteiger partial charge on any atom is 0.233 e. The molecule has 1 aromatic heterocycles. The minimum Gasteiger partial charge on any atom is -0.486 e. The Labute approximate surface area is 173 Å². The molecule has 1 fully saturated rings. The number of carbonyl (C=O) groups excluding carboxylic acids is 1. The summed E-state index contributed by atoms with van der Waals surface area (Å²) in [4.78, 5) is 19.8. The number of anilines is 1. The number of hydrogen-bond acceptors (Lipinski definition) is 6. The van der Waals surface area contributed by atoms with Crippen molar-refractivity contribution in [2.45, 2.75) is 25.4 Å². The molecule has 3 aromatic rings. The Balaban J connectivity index is 1.41.